The van der Waals surface area contributed by atoms with Crippen molar-refractivity contribution in [3.63, 3.8) is 0 Å². The van der Waals surface area contributed by atoms with E-state index in [-0.39, 0.29) is 18.0 Å². The maximum absolute atomic E-state index is 14.0. The molecule has 0 aliphatic heterocycles. The Morgan fingerprint density at radius 2 is 2.14 bits per heavy atom. The minimum absolute atomic E-state index is 0.164. The SMILES string of the molecule is CCCC(O)CNC(=O)C1(c2ccc(F)cc2F)CCC1. The molecular formula is C16H21F2NO2. The Morgan fingerprint density at radius 3 is 2.67 bits per heavy atom. The number of nitrogens with one attached hydrogen (secondary N) is 1. The molecule has 0 bridgehead atoms. The molecule has 1 aromatic carbocycles. The number of carbonyl (C=O) groups is 1. The third-order valence-electron chi connectivity index (χ3n) is 4.21. The lowest BCUT2D eigenvalue weighted by molar-refractivity contribution is -0.130. The van der Waals surface area contributed by atoms with Crippen LogP contribution in [0.5, 0.6) is 0 Å². The third kappa shape index (κ3) is 3.23. The quantitative estimate of drug-likeness (QED) is 0.848. The van der Waals surface area contributed by atoms with Crippen LogP contribution in [0.4, 0.5) is 8.78 Å². The van der Waals surface area contributed by atoms with E-state index >= 15 is 0 Å². The van der Waals surface area contributed by atoms with E-state index in [0.717, 1.165) is 18.9 Å². The van der Waals surface area contributed by atoms with Crippen molar-refractivity contribution in [2.24, 2.45) is 0 Å². The van der Waals surface area contributed by atoms with Gasteiger partial charge in [0.25, 0.3) is 0 Å². The van der Waals surface area contributed by atoms with E-state index in [9.17, 15) is 18.7 Å². The summed E-state index contributed by atoms with van der Waals surface area (Å²) in [4.78, 5) is 12.4. The van der Waals surface area contributed by atoms with Crippen LogP contribution in [0.15, 0.2) is 18.2 Å². The maximum Gasteiger partial charge on any atom is 0.230 e. The topological polar surface area (TPSA) is 49.3 Å². The average molecular weight is 297 g/mol. The van der Waals surface area contributed by atoms with Crippen molar-refractivity contribution in [3.8, 4) is 0 Å². The first-order valence-corrected chi connectivity index (χ1v) is 7.41. The summed E-state index contributed by atoms with van der Waals surface area (Å²) >= 11 is 0. The highest BCUT2D eigenvalue weighted by Gasteiger charge is 2.47. The summed E-state index contributed by atoms with van der Waals surface area (Å²) < 4.78 is 27.0. The summed E-state index contributed by atoms with van der Waals surface area (Å²) in [5.74, 6) is -1.61. The zero-order valence-corrected chi connectivity index (χ0v) is 12.2. The van der Waals surface area contributed by atoms with E-state index in [1.165, 1.54) is 12.1 Å². The molecule has 2 rings (SSSR count). The van der Waals surface area contributed by atoms with Crippen LogP contribution in [-0.2, 0) is 10.2 Å². The van der Waals surface area contributed by atoms with Gasteiger partial charge in [-0.15, -0.1) is 0 Å². The van der Waals surface area contributed by atoms with Crippen LogP contribution in [-0.4, -0.2) is 23.7 Å². The first-order chi connectivity index (χ1) is 9.99. The molecule has 0 saturated heterocycles. The van der Waals surface area contributed by atoms with Crippen molar-refractivity contribution in [2.45, 2.75) is 50.5 Å². The van der Waals surface area contributed by atoms with Crippen molar-refractivity contribution in [1.82, 2.24) is 5.32 Å². The Kier molecular flexibility index (Phi) is 4.93. The maximum atomic E-state index is 14.0. The second-order valence-electron chi connectivity index (χ2n) is 5.71. The molecule has 3 nitrogen and oxygen atoms in total. The van der Waals surface area contributed by atoms with E-state index in [2.05, 4.69) is 5.32 Å². The molecule has 5 heteroatoms. The van der Waals surface area contributed by atoms with Gasteiger partial charge >= 0.3 is 0 Å². The summed E-state index contributed by atoms with van der Waals surface area (Å²) in [6.45, 7) is 2.11. The number of halogens is 2. The van der Waals surface area contributed by atoms with Gasteiger partial charge in [0.15, 0.2) is 0 Å². The van der Waals surface area contributed by atoms with E-state index < -0.39 is 23.2 Å². The number of aliphatic hydroxyl groups is 1. The molecule has 1 saturated carbocycles. The predicted molar refractivity (Wildman–Crippen MR) is 75.8 cm³/mol. The van der Waals surface area contributed by atoms with Gasteiger partial charge < -0.3 is 10.4 Å². The summed E-state index contributed by atoms with van der Waals surface area (Å²) in [5, 5.41) is 12.4. The van der Waals surface area contributed by atoms with Crippen molar-refractivity contribution >= 4 is 5.91 Å². The van der Waals surface area contributed by atoms with Crippen LogP contribution < -0.4 is 5.32 Å². The fourth-order valence-electron chi connectivity index (χ4n) is 2.84. The molecule has 1 aliphatic carbocycles. The molecule has 1 atom stereocenters. The van der Waals surface area contributed by atoms with Gasteiger partial charge in [-0.05, 0) is 25.3 Å². The number of carbonyl (C=O) groups excluding carboxylic acids is 1. The molecule has 1 aliphatic rings. The second kappa shape index (κ2) is 6.52. The highest BCUT2D eigenvalue weighted by Crippen LogP contribution is 2.45. The number of benzene rings is 1. The number of amides is 1. The number of rotatable bonds is 6. The van der Waals surface area contributed by atoms with E-state index in [4.69, 9.17) is 0 Å². The molecule has 1 fully saturated rings. The standard InChI is InChI=1S/C16H21F2NO2/c1-2-4-12(20)10-19-15(21)16(7-3-8-16)13-6-5-11(17)9-14(13)18/h5-6,9,12,20H,2-4,7-8,10H2,1H3,(H,19,21). The number of hydrogen-bond acceptors (Lipinski definition) is 2. The Labute approximate surface area is 123 Å². The molecule has 1 aromatic rings. The first kappa shape index (κ1) is 15.9. The molecule has 0 aromatic heterocycles. The first-order valence-electron chi connectivity index (χ1n) is 7.41. The molecule has 21 heavy (non-hydrogen) atoms. The number of hydrogen-bond donors (Lipinski definition) is 2. The molecule has 0 spiro atoms. The van der Waals surface area contributed by atoms with Gasteiger partial charge in [-0.25, -0.2) is 8.78 Å². The monoisotopic (exact) mass is 297 g/mol. The molecular weight excluding hydrogens is 276 g/mol. The summed E-state index contributed by atoms with van der Waals surface area (Å²) in [7, 11) is 0. The summed E-state index contributed by atoms with van der Waals surface area (Å²) in [5.41, 5.74) is -0.665. The largest absolute Gasteiger partial charge is 0.391 e. The van der Waals surface area contributed by atoms with Gasteiger partial charge in [0.05, 0.1) is 11.5 Å². The molecule has 0 heterocycles. The van der Waals surface area contributed by atoms with E-state index in [1.807, 2.05) is 6.92 Å². The average Bonchev–Trinajstić information content (AvgIpc) is 2.38. The zero-order chi connectivity index (χ0) is 15.5. The van der Waals surface area contributed by atoms with Gasteiger partial charge in [-0.1, -0.05) is 25.8 Å². The smallest absolute Gasteiger partial charge is 0.230 e. The molecule has 1 amide bonds. The number of aliphatic hydroxyl groups excluding tert-OH is 1. The van der Waals surface area contributed by atoms with Crippen LogP contribution >= 0.6 is 0 Å². The van der Waals surface area contributed by atoms with Gasteiger partial charge in [0.2, 0.25) is 5.91 Å². The van der Waals surface area contributed by atoms with Crippen molar-refractivity contribution in [1.29, 1.82) is 0 Å². The lowest BCUT2D eigenvalue weighted by Gasteiger charge is -2.41. The molecule has 1 unspecified atom stereocenters. The van der Waals surface area contributed by atoms with E-state index in [0.29, 0.717) is 19.3 Å². The summed E-state index contributed by atoms with van der Waals surface area (Å²) in [6.07, 6.45) is 2.78. The van der Waals surface area contributed by atoms with Crippen LogP contribution in [0.1, 0.15) is 44.6 Å². The molecule has 116 valence electrons. The second-order valence-corrected chi connectivity index (χ2v) is 5.71. The van der Waals surface area contributed by atoms with Crippen LogP contribution in [0.2, 0.25) is 0 Å². The Balaban J connectivity index is 2.12. The van der Waals surface area contributed by atoms with Gasteiger partial charge in [0.1, 0.15) is 11.6 Å². The Hall–Kier alpha value is -1.49. The van der Waals surface area contributed by atoms with E-state index in [1.54, 1.807) is 0 Å². The summed E-state index contributed by atoms with van der Waals surface area (Å²) in [6, 6.07) is 3.35. The van der Waals surface area contributed by atoms with Crippen molar-refractivity contribution in [2.75, 3.05) is 6.54 Å². The zero-order valence-electron chi connectivity index (χ0n) is 12.2. The highest BCUT2D eigenvalue weighted by atomic mass is 19.1. The fraction of sp³-hybridized carbons (Fsp3) is 0.562. The van der Waals surface area contributed by atoms with Crippen molar-refractivity contribution in [3.05, 3.63) is 35.4 Å². The molecule has 0 radical (unpaired) electrons. The van der Waals surface area contributed by atoms with Gasteiger partial charge in [0, 0.05) is 18.2 Å². The lowest BCUT2D eigenvalue weighted by atomic mass is 9.63. The third-order valence-corrected chi connectivity index (χ3v) is 4.21. The fourth-order valence-corrected chi connectivity index (χ4v) is 2.84. The minimum Gasteiger partial charge on any atom is -0.391 e. The van der Waals surface area contributed by atoms with Crippen LogP contribution in [0.3, 0.4) is 0 Å². The minimum atomic E-state index is -0.913. The lowest BCUT2D eigenvalue weighted by Crippen LogP contribution is -2.51. The van der Waals surface area contributed by atoms with Crippen LogP contribution in [0.25, 0.3) is 0 Å². The normalized spacial score (nSPS) is 17.9. The highest BCUT2D eigenvalue weighted by molar-refractivity contribution is 5.89. The molecule has 2 N–H and O–H groups in total. The predicted octanol–water partition coefficient (Wildman–Crippen LogP) is 2.66. The van der Waals surface area contributed by atoms with Crippen molar-refractivity contribution < 1.29 is 18.7 Å². The van der Waals surface area contributed by atoms with Gasteiger partial charge in [-0.3, -0.25) is 4.79 Å². The Morgan fingerprint density at radius 1 is 1.43 bits per heavy atom. The Bertz CT molecular complexity index is 515. The van der Waals surface area contributed by atoms with Crippen LogP contribution in [0, 0.1) is 11.6 Å². The van der Waals surface area contributed by atoms with Gasteiger partial charge in [-0.2, -0.15) is 0 Å².